The maximum Gasteiger partial charge on any atom is 0.262 e. The summed E-state index contributed by atoms with van der Waals surface area (Å²) in [5.41, 5.74) is 4.45. The normalized spacial score (nSPS) is 13.2. The van der Waals surface area contributed by atoms with Crippen LogP contribution in [0.4, 0.5) is 0 Å². The van der Waals surface area contributed by atoms with Crippen LogP contribution in [0.1, 0.15) is 26.3 Å². The Morgan fingerprint density at radius 1 is 1.15 bits per heavy atom. The molecule has 0 fully saturated rings. The van der Waals surface area contributed by atoms with Crippen LogP contribution in [-0.2, 0) is 0 Å². The second-order valence-electron chi connectivity index (χ2n) is 5.29. The maximum absolute atomic E-state index is 12.3. The van der Waals surface area contributed by atoms with Gasteiger partial charge in [0.25, 0.3) is 11.8 Å². The zero-order valence-corrected chi connectivity index (χ0v) is 15.5. The minimum Gasteiger partial charge on any atom is -0.497 e. The third-order valence-corrected chi connectivity index (χ3v) is 4.87. The van der Waals surface area contributed by atoms with Crippen LogP contribution < -0.4 is 10.2 Å². The summed E-state index contributed by atoms with van der Waals surface area (Å²) in [5, 5.41) is 4.05. The molecule has 0 radical (unpaired) electrons. The molecule has 1 N–H and O–H groups in total. The van der Waals surface area contributed by atoms with E-state index >= 15 is 0 Å². The van der Waals surface area contributed by atoms with Gasteiger partial charge in [0.2, 0.25) is 0 Å². The number of ether oxygens (including phenoxy) is 1. The summed E-state index contributed by atoms with van der Waals surface area (Å²) in [4.78, 5) is 25.7. The van der Waals surface area contributed by atoms with Gasteiger partial charge in [-0.1, -0.05) is 36.1 Å². The number of nitrogens with one attached hydrogen (secondary N) is 1. The lowest BCUT2D eigenvalue weighted by atomic mass is 10.1. The van der Waals surface area contributed by atoms with Crippen LogP contribution in [0, 0.1) is 0 Å². The maximum atomic E-state index is 12.3. The van der Waals surface area contributed by atoms with Crippen molar-refractivity contribution in [3.8, 4) is 5.75 Å². The predicted octanol–water partition coefficient (Wildman–Crippen LogP) is 2.89. The van der Waals surface area contributed by atoms with Gasteiger partial charge >= 0.3 is 0 Å². The molecule has 8 heteroatoms. The number of imide groups is 1. The van der Waals surface area contributed by atoms with Crippen molar-refractivity contribution in [2.45, 2.75) is 0 Å². The van der Waals surface area contributed by atoms with Crippen molar-refractivity contribution in [1.82, 2.24) is 10.3 Å². The van der Waals surface area contributed by atoms with Gasteiger partial charge in [0.15, 0.2) is 4.32 Å². The molecular formula is C18H15N3O3S2. The van der Waals surface area contributed by atoms with Crippen molar-refractivity contribution in [3.63, 3.8) is 0 Å². The lowest BCUT2D eigenvalue weighted by Crippen LogP contribution is -2.30. The summed E-state index contributed by atoms with van der Waals surface area (Å²) in [6, 6.07) is 14.2. The smallest absolute Gasteiger partial charge is 0.262 e. The quantitative estimate of drug-likeness (QED) is 0.369. The first-order valence-electron chi connectivity index (χ1n) is 7.65. The first kappa shape index (κ1) is 18.1. The lowest BCUT2D eigenvalue weighted by molar-refractivity contribution is 0.0684. The monoisotopic (exact) mass is 385 g/mol. The number of fused-ring (bicyclic) bond motifs is 1. The Bertz CT molecular complexity index is 847. The number of hydrogen-bond donors (Lipinski definition) is 1. The van der Waals surface area contributed by atoms with Gasteiger partial charge in [-0.15, -0.1) is 0 Å². The van der Waals surface area contributed by atoms with Crippen LogP contribution in [0.2, 0.25) is 0 Å². The van der Waals surface area contributed by atoms with Gasteiger partial charge in [-0.2, -0.15) is 5.10 Å². The minimum absolute atomic E-state index is 0.135. The summed E-state index contributed by atoms with van der Waals surface area (Å²) in [6.07, 6.45) is 1.62. The van der Waals surface area contributed by atoms with Gasteiger partial charge in [-0.05, 0) is 42.0 Å². The topological polar surface area (TPSA) is 71.0 Å². The molecule has 0 bridgehead atoms. The molecule has 0 saturated carbocycles. The molecule has 0 aromatic heterocycles. The third kappa shape index (κ3) is 3.92. The largest absolute Gasteiger partial charge is 0.497 e. The number of benzene rings is 2. The summed E-state index contributed by atoms with van der Waals surface area (Å²) in [6.45, 7) is 0. The van der Waals surface area contributed by atoms with E-state index in [1.807, 2.05) is 24.3 Å². The predicted molar refractivity (Wildman–Crippen MR) is 106 cm³/mol. The fraction of sp³-hybridized carbons (Fsp3) is 0.111. The summed E-state index contributed by atoms with van der Waals surface area (Å²) < 4.78 is 5.46. The molecule has 0 spiro atoms. The summed E-state index contributed by atoms with van der Waals surface area (Å²) in [5.74, 6) is 0.295. The van der Waals surface area contributed by atoms with Gasteiger partial charge in [0, 0.05) is 0 Å². The molecule has 26 heavy (non-hydrogen) atoms. The Labute approximate surface area is 160 Å². The summed E-state index contributed by atoms with van der Waals surface area (Å²) in [7, 11) is 1.61. The van der Waals surface area contributed by atoms with E-state index in [0.29, 0.717) is 15.4 Å². The van der Waals surface area contributed by atoms with E-state index in [1.54, 1.807) is 37.6 Å². The Kier molecular flexibility index (Phi) is 5.65. The SMILES string of the molecule is COc1ccc(/C=N\NC(=S)SCN2C(=O)c3ccccc3C2=O)cc1. The Hall–Kier alpha value is -2.71. The number of rotatable bonds is 5. The van der Waals surface area contributed by atoms with Crippen LogP contribution >= 0.6 is 24.0 Å². The van der Waals surface area contributed by atoms with E-state index in [4.69, 9.17) is 17.0 Å². The average molecular weight is 385 g/mol. The standard InChI is InChI=1S/C18H15N3O3S2/c1-24-13-8-6-12(7-9-13)10-19-20-18(25)26-11-21-16(22)14-4-2-3-5-15(14)17(21)23/h2-10H,11H2,1H3,(H,20,25)/b19-10-. The van der Waals surface area contributed by atoms with Gasteiger partial charge in [0.1, 0.15) is 5.75 Å². The first-order chi connectivity index (χ1) is 12.6. The fourth-order valence-electron chi connectivity index (χ4n) is 2.36. The van der Waals surface area contributed by atoms with E-state index < -0.39 is 0 Å². The molecule has 2 amide bonds. The molecular weight excluding hydrogens is 370 g/mol. The average Bonchev–Trinajstić information content (AvgIpc) is 2.91. The second-order valence-corrected chi connectivity index (χ2v) is 6.91. The number of nitrogens with zero attached hydrogens (tertiary/aromatic N) is 2. The Balaban J connectivity index is 1.51. The highest BCUT2D eigenvalue weighted by atomic mass is 32.2. The number of hydrazone groups is 1. The second kappa shape index (κ2) is 8.11. The third-order valence-electron chi connectivity index (χ3n) is 3.69. The molecule has 3 rings (SSSR count). The van der Waals surface area contributed by atoms with Crippen LogP contribution in [-0.4, -0.2) is 40.2 Å². The molecule has 2 aromatic carbocycles. The van der Waals surface area contributed by atoms with E-state index in [1.165, 1.54) is 4.90 Å². The highest BCUT2D eigenvalue weighted by Crippen LogP contribution is 2.24. The van der Waals surface area contributed by atoms with Crippen molar-refractivity contribution in [1.29, 1.82) is 0 Å². The van der Waals surface area contributed by atoms with Crippen LogP contribution in [0.5, 0.6) is 5.75 Å². The number of carbonyl (C=O) groups excluding carboxylic acids is 2. The van der Waals surface area contributed by atoms with E-state index in [-0.39, 0.29) is 17.7 Å². The molecule has 1 heterocycles. The van der Waals surface area contributed by atoms with Crippen LogP contribution in [0.15, 0.2) is 53.6 Å². The van der Waals surface area contributed by atoms with Crippen molar-refractivity contribution < 1.29 is 14.3 Å². The van der Waals surface area contributed by atoms with Crippen molar-refractivity contribution in [2.75, 3.05) is 13.0 Å². The van der Waals surface area contributed by atoms with Gasteiger partial charge in [-0.25, -0.2) is 0 Å². The van der Waals surface area contributed by atoms with Gasteiger partial charge in [-0.3, -0.25) is 19.9 Å². The molecule has 1 aliphatic heterocycles. The highest BCUT2D eigenvalue weighted by molar-refractivity contribution is 8.22. The van der Waals surface area contributed by atoms with Crippen molar-refractivity contribution in [3.05, 3.63) is 65.2 Å². The molecule has 0 saturated heterocycles. The molecule has 0 aliphatic carbocycles. The molecule has 0 atom stereocenters. The molecule has 0 unspecified atom stereocenters. The van der Waals surface area contributed by atoms with E-state index in [2.05, 4.69) is 10.5 Å². The highest BCUT2D eigenvalue weighted by Gasteiger charge is 2.34. The Morgan fingerprint density at radius 3 is 2.35 bits per heavy atom. The van der Waals surface area contributed by atoms with Crippen molar-refractivity contribution in [2.24, 2.45) is 5.10 Å². The zero-order valence-electron chi connectivity index (χ0n) is 13.8. The summed E-state index contributed by atoms with van der Waals surface area (Å²) >= 11 is 6.34. The number of hydrogen-bond acceptors (Lipinski definition) is 6. The number of carbonyl (C=O) groups is 2. The number of thioether (sulfide) groups is 1. The minimum atomic E-state index is -0.303. The van der Waals surface area contributed by atoms with E-state index in [0.717, 1.165) is 23.1 Å². The molecule has 132 valence electrons. The Morgan fingerprint density at radius 2 is 1.77 bits per heavy atom. The number of methoxy groups -OCH3 is 1. The zero-order chi connectivity index (χ0) is 18.5. The number of amides is 2. The van der Waals surface area contributed by atoms with Crippen LogP contribution in [0.25, 0.3) is 0 Å². The molecule has 6 nitrogen and oxygen atoms in total. The molecule has 2 aromatic rings. The lowest BCUT2D eigenvalue weighted by Gasteiger charge is -2.13. The molecule has 1 aliphatic rings. The fourth-order valence-corrected chi connectivity index (χ4v) is 3.17. The first-order valence-corrected chi connectivity index (χ1v) is 9.04. The van der Waals surface area contributed by atoms with Crippen molar-refractivity contribution >= 4 is 46.3 Å². The van der Waals surface area contributed by atoms with Gasteiger partial charge < -0.3 is 4.74 Å². The van der Waals surface area contributed by atoms with Crippen LogP contribution in [0.3, 0.4) is 0 Å². The van der Waals surface area contributed by atoms with E-state index in [9.17, 15) is 9.59 Å². The number of thiocarbonyl (C=S) groups is 1. The van der Waals surface area contributed by atoms with Gasteiger partial charge in [0.05, 0.1) is 30.3 Å².